The summed E-state index contributed by atoms with van der Waals surface area (Å²) in [6, 6.07) is 11.0. The Balaban J connectivity index is 1.40. The lowest BCUT2D eigenvalue weighted by atomic mass is 9.86. The Labute approximate surface area is 143 Å². The second kappa shape index (κ2) is 7.46. The highest BCUT2D eigenvalue weighted by Gasteiger charge is 2.31. The van der Waals surface area contributed by atoms with Gasteiger partial charge in [0.15, 0.2) is 17.5 Å². The SMILES string of the molecule is O=C(NC1CC(Nc2cc(F)c(F)c(F)c2)C1)OCc1ccccc1. The summed E-state index contributed by atoms with van der Waals surface area (Å²) in [4.78, 5) is 11.7. The van der Waals surface area contributed by atoms with E-state index in [9.17, 15) is 18.0 Å². The molecule has 2 aromatic carbocycles. The normalized spacial score (nSPS) is 19.0. The summed E-state index contributed by atoms with van der Waals surface area (Å²) in [7, 11) is 0. The smallest absolute Gasteiger partial charge is 0.407 e. The number of amides is 1. The van der Waals surface area contributed by atoms with Gasteiger partial charge in [-0.1, -0.05) is 30.3 Å². The van der Waals surface area contributed by atoms with Crippen LogP contribution >= 0.6 is 0 Å². The molecule has 0 atom stereocenters. The van der Waals surface area contributed by atoms with Crippen molar-refractivity contribution < 1.29 is 22.7 Å². The molecule has 0 saturated heterocycles. The quantitative estimate of drug-likeness (QED) is 0.802. The van der Waals surface area contributed by atoms with E-state index in [1.54, 1.807) is 0 Å². The third-order valence-electron chi connectivity index (χ3n) is 4.03. The summed E-state index contributed by atoms with van der Waals surface area (Å²) in [6.07, 6.45) is 0.661. The number of rotatable bonds is 5. The lowest BCUT2D eigenvalue weighted by Gasteiger charge is -2.36. The maximum absolute atomic E-state index is 13.2. The maximum atomic E-state index is 13.2. The van der Waals surface area contributed by atoms with Gasteiger partial charge in [0, 0.05) is 29.9 Å². The third-order valence-corrected chi connectivity index (χ3v) is 4.03. The molecular weight excluding hydrogens is 333 g/mol. The van der Waals surface area contributed by atoms with E-state index >= 15 is 0 Å². The summed E-state index contributed by atoms with van der Waals surface area (Å²) in [5, 5.41) is 5.63. The zero-order valence-corrected chi connectivity index (χ0v) is 13.3. The second-order valence-electron chi connectivity index (χ2n) is 5.97. The van der Waals surface area contributed by atoms with Crippen LogP contribution in [0.3, 0.4) is 0 Å². The first kappa shape index (κ1) is 17.1. The lowest BCUT2D eigenvalue weighted by molar-refractivity contribution is 0.129. The highest BCUT2D eigenvalue weighted by atomic mass is 19.2. The van der Waals surface area contributed by atoms with Crippen LogP contribution in [-0.2, 0) is 11.3 Å². The van der Waals surface area contributed by atoms with Gasteiger partial charge in [-0.15, -0.1) is 0 Å². The van der Waals surface area contributed by atoms with Crippen LogP contribution in [0.15, 0.2) is 42.5 Å². The number of carbonyl (C=O) groups is 1. The van der Waals surface area contributed by atoms with Crippen LogP contribution in [0.5, 0.6) is 0 Å². The topological polar surface area (TPSA) is 50.4 Å². The Kier molecular flexibility index (Phi) is 5.11. The van der Waals surface area contributed by atoms with Crippen LogP contribution < -0.4 is 10.6 Å². The first-order valence-electron chi connectivity index (χ1n) is 7.89. The Morgan fingerprint density at radius 1 is 1.04 bits per heavy atom. The molecule has 1 aliphatic carbocycles. The molecule has 2 aromatic rings. The van der Waals surface area contributed by atoms with Gasteiger partial charge >= 0.3 is 6.09 Å². The van der Waals surface area contributed by atoms with Crippen LogP contribution in [-0.4, -0.2) is 18.2 Å². The van der Waals surface area contributed by atoms with Crippen LogP contribution in [0.4, 0.5) is 23.7 Å². The molecule has 0 aliphatic heterocycles. The van der Waals surface area contributed by atoms with Crippen molar-refractivity contribution in [3.8, 4) is 0 Å². The predicted molar refractivity (Wildman–Crippen MR) is 86.5 cm³/mol. The minimum atomic E-state index is -1.49. The molecule has 3 rings (SSSR count). The van der Waals surface area contributed by atoms with Crippen molar-refractivity contribution in [2.24, 2.45) is 0 Å². The third kappa shape index (κ3) is 4.43. The summed E-state index contributed by atoms with van der Waals surface area (Å²) in [5.41, 5.74) is 1.07. The van der Waals surface area contributed by atoms with Gasteiger partial charge in [-0.05, 0) is 18.4 Å². The number of hydrogen-bond acceptors (Lipinski definition) is 3. The van der Waals surface area contributed by atoms with Crippen molar-refractivity contribution in [1.29, 1.82) is 0 Å². The van der Waals surface area contributed by atoms with E-state index < -0.39 is 23.5 Å². The van der Waals surface area contributed by atoms with Gasteiger partial charge in [-0.25, -0.2) is 18.0 Å². The second-order valence-corrected chi connectivity index (χ2v) is 5.97. The Morgan fingerprint density at radius 2 is 1.68 bits per heavy atom. The summed E-state index contributed by atoms with van der Waals surface area (Å²) in [5.74, 6) is -3.96. The van der Waals surface area contributed by atoms with Gasteiger partial charge in [0.25, 0.3) is 0 Å². The highest BCUT2D eigenvalue weighted by Crippen LogP contribution is 2.26. The van der Waals surface area contributed by atoms with Gasteiger partial charge in [0.1, 0.15) is 6.61 Å². The molecule has 0 radical (unpaired) electrons. The summed E-state index contributed by atoms with van der Waals surface area (Å²) < 4.78 is 44.3. The van der Waals surface area contributed by atoms with E-state index in [-0.39, 0.29) is 24.4 Å². The minimum Gasteiger partial charge on any atom is -0.445 e. The first-order valence-corrected chi connectivity index (χ1v) is 7.89. The Bertz CT molecular complexity index is 726. The molecule has 132 valence electrons. The number of nitrogens with one attached hydrogen (secondary N) is 2. The molecule has 0 spiro atoms. The molecule has 1 saturated carbocycles. The van der Waals surface area contributed by atoms with Crippen molar-refractivity contribution in [2.45, 2.75) is 31.5 Å². The average molecular weight is 350 g/mol. The van der Waals surface area contributed by atoms with Gasteiger partial charge in [0.05, 0.1) is 0 Å². The number of anilines is 1. The van der Waals surface area contributed by atoms with Crippen molar-refractivity contribution in [3.63, 3.8) is 0 Å². The predicted octanol–water partition coefficient (Wildman–Crippen LogP) is 3.97. The van der Waals surface area contributed by atoms with E-state index in [1.807, 2.05) is 30.3 Å². The zero-order valence-electron chi connectivity index (χ0n) is 13.3. The molecule has 0 aromatic heterocycles. The molecule has 4 nitrogen and oxygen atoms in total. The van der Waals surface area contributed by atoms with Crippen LogP contribution in [0.2, 0.25) is 0 Å². The minimum absolute atomic E-state index is 0.0521. The Morgan fingerprint density at radius 3 is 2.32 bits per heavy atom. The van der Waals surface area contributed by atoms with Crippen molar-refractivity contribution in [1.82, 2.24) is 5.32 Å². The van der Waals surface area contributed by atoms with Crippen LogP contribution in [0.25, 0.3) is 0 Å². The van der Waals surface area contributed by atoms with Crippen molar-refractivity contribution >= 4 is 11.8 Å². The first-order chi connectivity index (χ1) is 12.0. The van der Waals surface area contributed by atoms with Gasteiger partial charge in [-0.3, -0.25) is 0 Å². The van der Waals surface area contributed by atoms with Crippen LogP contribution in [0.1, 0.15) is 18.4 Å². The monoisotopic (exact) mass is 350 g/mol. The zero-order chi connectivity index (χ0) is 17.8. The van der Waals surface area contributed by atoms with Gasteiger partial charge in [0.2, 0.25) is 0 Å². The number of hydrogen-bond donors (Lipinski definition) is 2. The molecule has 7 heteroatoms. The van der Waals surface area contributed by atoms with Gasteiger partial charge < -0.3 is 15.4 Å². The number of carbonyl (C=O) groups excluding carboxylic acids is 1. The fourth-order valence-corrected chi connectivity index (χ4v) is 2.66. The van der Waals surface area contributed by atoms with Gasteiger partial charge in [-0.2, -0.15) is 0 Å². The molecular formula is C18H17F3N2O2. The molecule has 25 heavy (non-hydrogen) atoms. The van der Waals surface area contributed by atoms with Crippen molar-refractivity contribution in [2.75, 3.05) is 5.32 Å². The fourth-order valence-electron chi connectivity index (χ4n) is 2.66. The lowest BCUT2D eigenvalue weighted by Crippen LogP contribution is -2.49. The molecule has 0 unspecified atom stereocenters. The van der Waals surface area contributed by atoms with E-state index in [0.29, 0.717) is 12.8 Å². The highest BCUT2D eigenvalue weighted by molar-refractivity contribution is 5.67. The maximum Gasteiger partial charge on any atom is 0.407 e. The fraction of sp³-hybridized carbons (Fsp3) is 0.278. The van der Waals surface area contributed by atoms with E-state index in [4.69, 9.17) is 4.74 Å². The van der Waals surface area contributed by atoms with Crippen LogP contribution in [0, 0.1) is 17.5 Å². The standard InChI is InChI=1S/C18H17F3N2O2/c19-15-8-14(9-16(20)17(15)21)22-12-6-13(7-12)23-18(24)25-10-11-4-2-1-3-5-11/h1-5,8-9,12-13,22H,6-7,10H2,(H,23,24). The molecule has 0 bridgehead atoms. The van der Waals surface area contributed by atoms with Crippen molar-refractivity contribution in [3.05, 3.63) is 65.5 Å². The number of ether oxygens (including phenoxy) is 1. The average Bonchev–Trinajstić information content (AvgIpc) is 2.57. The molecule has 2 N–H and O–H groups in total. The molecule has 1 fully saturated rings. The molecule has 0 heterocycles. The van der Waals surface area contributed by atoms with E-state index in [0.717, 1.165) is 17.7 Å². The number of halogens is 3. The molecule has 1 amide bonds. The number of alkyl carbamates (subject to hydrolysis) is 1. The largest absolute Gasteiger partial charge is 0.445 e. The summed E-state index contributed by atoms with van der Waals surface area (Å²) in [6.45, 7) is 0.190. The molecule has 1 aliphatic rings. The number of benzene rings is 2. The summed E-state index contributed by atoms with van der Waals surface area (Å²) >= 11 is 0. The van der Waals surface area contributed by atoms with E-state index in [2.05, 4.69) is 10.6 Å². The Hall–Kier alpha value is -2.70. The van der Waals surface area contributed by atoms with E-state index in [1.165, 1.54) is 0 Å².